The summed E-state index contributed by atoms with van der Waals surface area (Å²) in [5.41, 5.74) is -0.441. The van der Waals surface area contributed by atoms with E-state index in [9.17, 15) is 4.79 Å². The molecular formula is C13H18ClNO3. The highest BCUT2D eigenvalue weighted by Crippen LogP contribution is 2.17. The van der Waals surface area contributed by atoms with Gasteiger partial charge in [0, 0.05) is 17.2 Å². The number of amides is 1. The molecule has 1 rings (SSSR count). The third kappa shape index (κ3) is 5.38. The molecule has 0 saturated heterocycles. The van der Waals surface area contributed by atoms with E-state index in [-0.39, 0.29) is 19.1 Å². The summed E-state index contributed by atoms with van der Waals surface area (Å²) in [4.78, 5) is 11.6. The number of aliphatic hydroxyl groups excluding tert-OH is 1. The highest BCUT2D eigenvalue weighted by atomic mass is 35.5. The fourth-order valence-electron chi connectivity index (χ4n) is 1.46. The van der Waals surface area contributed by atoms with E-state index < -0.39 is 5.54 Å². The summed E-state index contributed by atoms with van der Waals surface area (Å²) < 4.78 is 5.31. The van der Waals surface area contributed by atoms with Gasteiger partial charge >= 0.3 is 0 Å². The first-order valence-electron chi connectivity index (χ1n) is 5.73. The van der Waals surface area contributed by atoms with Gasteiger partial charge in [0.25, 0.3) is 5.91 Å². The maximum absolute atomic E-state index is 11.6. The summed E-state index contributed by atoms with van der Waals surface area (Å²) in [6.07, 6.45) is 0.496. The molecule has 1 amide bonds. The zero-order chi connectivity index (χ0) is 13.6. The molecule has 0 aromatic heterocycles. The number of hydrogen-bond acceptors (Lipinski definition) is 3. The van der Waals surface area contributed by atoms with Crippen LogP contribution in [0.4, 0.5) is 0 Å². The molecule has 0 unspecified atom stereocenters. The van der Waals surface area contributed by atoms with Crippen LogP contribution in [0.15, 0.2) is 24.3 Å². The summed E-state index contributed by atoms with van der Waals surface area (Å²) in [5.74, 6) is 0.325. The van der Waals surface area contributed by atoms with Gasteiger partial charge in [-0.1, -0.05) is 17.7 Å². The standard InChI is InChI=1S/C13H18ClNO3/c1-13(2,6-7-16)15-12(17)9-18-11-5-3-4-10(14)8-11/h3-5,8,16H,6-7,9H2,1-2H3,(H,15,17). The van der Waals surface area contributed by atoms with Crippen molar-refractivity contribution >= 4 is 17.5 Å². The van der Waals surface area contributed by atoms with Gasteiger partial charge in [-0.05, 0) is 38.5 Å². The number of ether oxygens (including phenoxy) is 1. The molecule has 100 valence electrons. The monoisotopic (exact) mass is 271 g/mol. The summed E-state index contributed by atoms with van der Waals surface area (Å²) in [6, 6.07) is 6.87. The number of benzene rings is 1. The minimum absolute atomic E-state index is 0.0302. The van der Waals surface area contributed by atoms with Crippen molar-refractivity contribution in [2.24, 2.45) is 0 Å². The molecule has 0 aliphatic rings. The third-order valence-electron chi connectivity index (χ3n) is 2.38. The van der Waals surface area contributed by atoms with E-state index in [0.29, 0.717) is 17.2 Å². The van der Waals surface area contributed by atoms with Gasteiger partial charge in [0.15, 0.2) is 6.61 Å². The molecule has 0 spiro atoms. The van der Waals surface area contributed by atoms with Crippen molar-refractivity contribution in [3.05, 3.63) is 29.3 Å². The zero-order valence-corrected chi connectivity index (χ0v) is 11.3. The van der Waals surface area contributed by atoms with E-state index in [2.05, 4.69) is 5.32 Å². The van der Waals surface area contributed by atoms with Crippen LogP contribution in [0.5, 0.6) is 5.75 Å². The Morgan fingerprint density at radius 3 is 2.83 bits per heavy atom. The first-order valence-corrected chi connectivity index (χ1v) is 6.11. The molecule has 0 atom stereocenters. The highest BCUT2D eigenvalue weighted by molar-refractivity contribution is 6.30. The molecule has 0 heterocycles. The molecule has 0 bridgehead atoms. The minimum Gasteiger partial charge on any atom is -0.484 e. The smallest absolute Gasteiger partial charge is 0.258 e. The number of aliphatic hydroxyl groups is 1. The molecular weight excluding hydrogens is 254 g/mol. The lowest BCUT2D eigenvalue weighted by Crippen LogP contribution is -2.46. The molecule has 5 heteroatoms. The highest BCUT2D eigenvalue weighted by Gasteiger charge is 2.19. The van der Waals surface area contributed by atoms with Crippen LogP contribution < -0.4 is 10.1 Å². The lowest BCUT2D eigenvalue weighted by atomic mass is 10.0. The van der Waals surface area contributed by atoms with Crippen LogP contribution in [-0.2, 0) is 4.79 Å². The van der Waals surface area contributed by atoms with Crippen molar-refractivity contribution in [1.29, 1.82) is 0 Å². The van der Waals surface area contributed by atoms with Crippen molar-refractivity contribution in [3.8, 4) is 5.75 Å². The molecule has 2 N–H and O–H groups in total. The summed E-state index contributed by atoms with van der Waals surface area (Å²) >= 11 is 5.80. The van der Waals surface area contributed by atoms with Crippen LogP contribution in [-0.4, -0.2) is 29.8 Å². The van der Waals surface area contributed by atoms with E-state index in [1.165, 1.54) is 0 Å². The molecule has 1 aromatic rings. The lowest BCUT2D eigenvalue weighted by molar-refractivity contribution is -0.124. The van der Waals surface area contributed by atoms with E-state index in [1.807, 2.05) is 13.8 Å². The largest absolute Gasteiger partial charge is 0.484 e. The van der Waals surface area contributed by atoms with Crippen molar-refractivity contribution in [1.82, 2.24) is 5.32 Å². The summed E-state index contributed by atoms with van der Waals surface area (Å²) in [6.45, 7) is 3.65. The predicted octanol–water partition coefficient (Wildman–Crippen LogP) is 2.00. The predicted molar refractivity (Wildman–Crippen MR) is 70.9 cm³/mol. The number of carbonyl (C=O) groups excluding carboxylic acids is 1. The average molecular weight is 272 g/mol. The Kier molecular flexibility index (Phi) is 5.44. The average Bonchev–Trinajstić information content (AvgIpc) is 2.25. The van der Waals surface area contributed by atoms with Gasteiger partial charge in [-0.2, -0.15) is 0 Å². The Hall–Kier alpha value is -1.26. The van der Waals surface area contributed by atoms with Crippen LogP contribution in [0.2, 0.25) is 5.02 Å². The third-order valence-corrected chi connectivity index (χ3v) is 2.62. The number of carbonyl (C=O) groups is 1. The van der Waals surface area contributed by atoms with Gasteiger partial charge in [0.05, 0.1) is 0 Å². The topological polar surface area (TPSA) is 58.6 Å². The molecule has 0 radical (unpaired) electrons. The van der Waals surface area contributed by atoms with E-state index in [0.717, 1.165) is 0 Å². The fourth-order valence-corrected chi connectivity index (χ4v) is 1.64. The van der Waals surface area contributed by atoms with Crippen molar-refractivity contribution in [2.75, 3.05) is 13.2 Å². The second-order valence-corrected chi connectivity index (χ2v) is 5.09. The number of halogens is 1. The number of hydrogen-bond donors (Lipinski definition) is 2. The van der Waals surface area contributed by atoms with Crippen molar-refractivity contribution in [3.63, 3.8) is 0 Å². The summed E-state index contributed by atoms with van der Waals surface area (Å²) in [5, 5.41) is 12.2. The zero-order valence-electron chi connectivity index (χ0n) is 10.6. The first-order chi connectivity index (χ1) is 8.43. The first kappa shape index (κ1) is 14.8. The molecule has 4 nitrogen and oxygen atoms in total. The van der Waals surface area contributed by atoms with E-state index in [4.69, 9.17) is 21.4 Å². The Bertz CT molecular complexity index is 407. The second kappa shape index (κ2) is 6.61. The molecule has 18 heavy (non-hydrogen) atoms. The molecule has 0 saturated carbocycles. The maximum Gasteiger partial charge on any atom is 0.258 e. The van der Waals surface area contributed by atoms with Crippen molar-refractivity contribution < 1.29 is 14.6 Å². The Morgan fingerprint density at radius 2 is 2.22 bits per heavy atom. The van der Waals surface area contributed by atoms with Crippen LogP contribution in [0, 0.1) is 0 Å². The molecule has 1 aromatic carbocycles. The maximum atomic E-state index is 11.6. The van der Waals surface area contributed by atoms with E-state index in [1.54, 1.807) is 24.3 Å². The molecule has 0 aliphatic heterocycles. The van der Waals surface area contributed by atoms with Gasteiger partial charge < -0.3 is 15.2 Å². The molecule has 0 aliphatic carbocycles. The minimum atomic E-state index is -0.441. The van der Waals surface area contributed by atoms with E-state index >= 15 is 0 Å². The van der Waals surface area contributed by atoms with Crippen LogP contribution in [0.3, 0.4) is 0 Å². The number of rotatable bonds is 6. The van der Waals surface area contributed by atoms with Gasteiger partial charge in [-0.15, -0.1) is 0 Å². The van der Waals surface area contributed by atoms with Gasteiger partial charge in [0.1, 0.15) is 5.75 Å². The Labute approximate surface area is 112 Å². The number of nitrogens with one attached hydrogen (secondary N) is 1. The van der Waals surface area contributed by atoms with Crippen LogP contribution in [0.25, 0.3) is 0 Å². The fraction of sp³-hybridized carbons (Fsp3) is 0.462. The quantitative estimate of drug-likeness (QED) is 0.832. The van der Waals surface area contributed by atoms with Gasteiger partial charge in [-0.25, -0.2) is 0 Å². The second-order valence-electron chi connectivity index (χ2n) is 4.65. The lowest BCUT2D eigenvalue weighted by Gasteiger charge is -2.25. The van der Waals surface area contributed by atoms with Crippen LogP contribution >= 0.6 is 11.6 Å². The van der Waals surface area contributed by atoms with Gasteiger partial charge in [-0.3, -0.25) is 4.79 Å². The Morgan fingerprint density at radius 1 is 1.50 bits per heavy atom. The Balaban J connectivity index is 2.42. The normalized spacial score (nSPS) is 11.1. The van der Waals surface area contributed by atoms with Crippen molar-refractivity contribution in [2.45, 2.75) is 25.8 Å². The van der Waals surface area contributed by atoms with Crippen LogP contribution in [0.1, 0.15) is 20.3 Å². The summed E-state index contributed by atoms with van der Waals surface area (Å²) in [7, 11) is 0. The SMILES string of the molecule is CC(C)(CCO)NC(=O)COc1cccc(Cl)c1. The van der Waals surface area contributed by atoms with Gasteiger partial charge in [0.2, 0.25) is 0 Å². The molecule has 0 fully saturated rings.